The Balaban J connectivity index is 1.26. The Bertz CT molecular complexity index is 513. The van der Waals surface area contributed by atoms with Crippen molar-refractivity contribution in [2.75, 3.05) is 0 Å². The number of hydrogen-bond acceptors (Lipinski definition) is 2. The first kappa shape index (κ1) is 12.1. The molecule has 0 bridgehead atoms. The summed E-state index contributed by atoms with van der Waals surface area (Å²) >= 11 is 0. The Hall–Kier alpha value is -1.64. The summed E-state index contributed by atoms with van der Waals surface area (Å²) in [5.74, 6) is 0. The molecule has 2 heteroatoms. The third-order valence-corrected chi connectivity index (χ3v) is 4.48. The molecule has 0 aliphatic carbocycles. The lowest BCUT2D eigenvalue weighted by molar-refractivity contribution is 0.691. The molecular weight excluding hydrogens is 244 g/mol. The zero-order valence-electron chi connectivity index (χ0n) is 11.5. The number of rotatable bonds is 5. The van der Waals surface area contributed by atoms with Gasteiger partial charge in [0.15, 0.2) is 0 Å². The van der Waals surface area contributed by atoms with Crippen molar-refractivity contribution in [3.8, 4) is 0 Å². The molecule has 4 rings (SSSR count). The summed E-state index contributed by atoms with van der Waals surface area (Å²) in [5.41, 5.74) is 2.86. The molecular formula is C18H20N2. The van der Waals surface area contributed by atoms with E-state index in [1.54, 1.807) is 0 Å². The Morgan fingerprint density at radius 3 is 1.40 bits per heavy atom. The molecule has 2 aliphatic heterocycles. The maximum Gasteiger partial charge on any atom is 0.0478 e. The van der Waals surface area contributed by atoms with E-state index in [1.807, 2.05) is 0 Å². The lowest BCUT2D eigenvalue weighted by Crippen LogP contribution is -1.97. The summed E-state index contributed by atoms with van der Waals surface area (Å²) in [6.45, 7) is 0. The topological polar surface area (TPSA) is 43.9 Å². The SMILES string of the molecule is c1ccc(C2NC2CCC2NC2c2ccccc2)cc1. The third kappa shape index (κ3) is 2.49. The standard InChI is InChI=1S/C18H20N2/c1-3-7-13(8-4-1)17-15(19-17)11-12-16-18(20-16)14-9-5-2-6-10-14/h1-10,15-20H,11-12H2. The largest absolute Gasteiger partial charge is 0.304 e. The summed E-state index contributed by atoms with van der Waals surface area (Å²) in [4.78, 5) is 0. The molecule has 2 aliphatic rings. The molecule has 0 aromatic heterocycles. The van der Waals surface area contributed by atoms with Crippen LogP contribution in [0.2, 0.25) is 0 Å². The first-order valence-electron chi connectivity index (χ1n) is 7.54. The fraction of sp³-hybridized carbons (Fsp3) is 0.333. The lowest BCUT2D eigenvalue weighted by Gasteiger charge is -1.99. The van der Waals surface area contributed by atoms with E-state index in [1.165, 1.54) is 24.0 Å². The van der Waals surface area contributed by atoms with Gasteiger partial charge in [-0.25, -0.2) is 0 Å². The van der Waals surface area contributed by atoms with Crippen LogP contribution in [0.15, 0.2) is 60.7 Å². The molecule has 4 atom stereocenters. The van der Waals surface area contributed by atoms with Crippen LogP contribution in [-0.4, -0.2) is 12.1 Å². The van der Waals surface area contributed by atoms with Crippen molar-refractivity contribution in [2.45, 2.75) is 37.0 Å². The van der Waals surface area contributed by atoms with Crippen LogP contribution in [0.5, 0.6) is 0 Å². The second-order valence-electron chi connectivity index (χ2n) is 5.90. The van der Waals surface area contributed by atoms with Gasteiger partial charge in [0.05, 0.1) is 0 Å². The molecule has 2 aromatic carbocycles. The molecule has 0 spiro atoms. The molecule has 20 heavy (non-hydrogen) atoms. The Morgan fingerprint density at radius 2 is 1.00 bits per heavy atom. The lowest BCUT2D eigenvalue weighted by atomic mass is 10.0. The van der Waals surface area contributed by atoms with Gasteiger partial charge in [-0.1, -0.05) is 60.7 Å². The average molecular weight is 264 g/mol. The highest BCUT2D eigenvalue weighted by molar-refractivity contribution is 5.28. The Labute approximate surface area is 120 Å². The highest BCUT2D eigenvalue weighted by Gasteiger charge is 2.41. The Kier molecular flexibility index (Phi) is 3.06. The van der Waals surface area contributed by atoms with Crippen LogP contribution < -0.4 is 10.6 Å². The van der Waals surface area contributed by atoms with Crippen molar-refractivity contribution < 1.29 is 0 Å². The van der Waals surface area contributed by atoms with Gasteiger partial charge in [0.1, 0.15) is 0 Å². The first-order valence-corrected chi connectivity index (χ1v) is 7.54. The van der Waals surface area contributed by atoms with E-state index in [0.717, 1.165) is 0 Å². The maximum absolute atomic E-state index is 3.59. The van der Waals surface area contributed by atoms with Crippen LogP contribution in [0.1, 0.15) is 36.1 Å². The van der Waals surface area contributed by atoms with Gasteiger partial charge in [-0.05, 0) is 24.0 Å². The summed E-state index contributed by atoms with van der Waals surface area (Å²) in [5, 5.41) is 7.19. The summed E-state index contributed by atoms with van der Waals surface area (Å²) in [6.07, 6.45) is 2.53. The zero-order valence-corrected chi connectivity index (χ0v) is 11.5. The number of nitrogens with one attached hydrogen (secondary N) is 2. The van der Waals surface area contributed by atoms with Crippen molar-refractivity contribution in [3.63, 3.8) is 0 Å². The summed E-state index contributed by atoms with van der Waals surface area (Å²) in [7, 11) is 0. The number of benzene rings is 2. The minimum Gasteiger partial charge on any atom is -0.304 e. The van der Waals surface area contributed by atoms with Crippen molar-refractivity contribution in [3.05, 3.63) is 71.8 Å². The second kappa shape index (κ2) is 5.04. The quantitative estimate of drug-likeness (QED) is 0.815. The molecule has 0 saturated carbocycles. The molecule has 4 unspecified atom stereocenters. The van der Waals surface area contributed by atoms with E-state index in [9.17, 15) is 0 Å². The minimum absolute atomic E-state index is 0.588. The molecule has 2 saturated heterocycles. The highest BCUT2D eigenvalue weighted by atomic mass is 15.2. The van der Waals surface area contributed by atoms with Gasteiger partial charge in [0.2, 0.25) is 0 Å². The van der Waals surface area contributed by atoms with Gasteiger partial charge < -0.3 is 10.6 Å². The van der Waals surface area contributed by atoms with Crippen LogP contribution in [0.3, 0.4) is 0 Å². The van der Waals surface area contributed by atoms with Crippen LogP contribution in [0, 0.1) is 0 Å². The molecule has 102 valence electrons. The van der Waals surface area contributed by atoms with E-state index < -0.39 is 0 Å². The van der Waals surface area contributed by atoms with E-state index in [-0.39, 0.29) is 0 Å². The smallest absolute Gasteiger partial charge is 0.0478 e. The van der Waals surface area contributed by atoms with Gasteiger partial charge in [-0.2, -0.15) is 0 Å². The fourth-order valence-electron chi connectivity index (χ4n) is 3.19. The predicted molar refractivity (Wildman–Crippen MR) is 81.4 cm³/mol. The van der Waals surface area contributed by atoms with Gasteiger partial charge in [-0.15, -0.1) is 0 Å². The van der Waals surface area contributed by atoms with Crippen LogP contribution in [0.4, 0.5) is 0 Å². The van der Waals surface area contributed by atoms with Crippen LogP contribution in [0.25, 0.3) is 0 Å². The van der Waals surface area contributed by atoms with Crippen molar-refractivity contribution in [1.82, 2.24) is 10.6 Å². The molecule has 0 radical (unpaired) electrons. The number of hydrogen-bond donors (Lipinski definition) is 2. The van der Waals surface area contributed by atoms with Crippen LogP contribution in [-0.2, 0) is 0 Å². The van der Waals surface area contributed by atoms with E-state index >= 15 is 0 Å². The Morgan fingerprint density at radius 1 is 0.600 bits per heavy atom. The fourth-order valence-corrected chi connectivity index (χ4v) is 3.19. The summed E-state index contributed by atoms with van der Waals surface area (Å²) < 4.78 is 0. The molecule has 2 aromatic rings. The van der Waals surface area contributed by atoms with Gasteiger partial charge in [0.25, 0.3) is 0 Å². The molecule has 2 N–H and O–H groups in total. The average Bonchev–Trinajstić information content (AvgIpc) is 3.41. The maximum atomic E-state index is 3.59. The van der Waals surface area contributed by atoms with Crippen LogP contribution >= 0.6 is 0 Å². The molecule has 0 amide bonds. The van der Waals surface area contributed by atoms with Gasteiger partial charge in [0, 0.05) is 24.2 Å². The predicted octanol–water partition coefficient (Wildman–Crippen LogP) is 3.19. The van der Waals surface area contributed by atoms with Gasteiger partial charge >= 0.3 is 0 Å². The third-order valence-electron chi connectivity index (χ3n) is 4.48. The first-order chi connectivity index (χ1) is 9.92. The molecule has 2 fully saturated rings. The van der Waals surface area contributed by atoms with Crippen molar-refractivity contribution in [1.29, 1.82) is 0 Å². The van der Waals surface area contributed by atoms with E-state index in [0.29, 0.717) is 24.2 Å². The van der Waals surface area contributed by atoms with Crippen molar-refractivity contribution in [2.24, 2.45) is 0 Å². The second-order valence-corrected chi connectivity index (χ2v) is 5.90. The van der Waals surface area contributed by atoms with Crippen molar-refractivity contribution >= 4 is 0 Å². The van der Waals surface area contributed by atoms with Gasteiger partial charge in [-0.3, -0.25) is 0 Å². The minimum atomic E-state index is 0.588. The molecule has 2 nitrogen and oxygen atoms in total. The summed E-state index contributed by atoms with van der Waals surface area (Å²) in [6, 6.07) is 24.1. The zero-order chi connectivity index (χ0) is 13.4. The highest BCUT2D eigenvalue weighted by Crippen LogP contribution is 2.37. The van der Waals surface area contributed by atoms with E-state index in [2.05, 4.69) is 71.3 Å². The monoisotopic (exact) mass is 264 g/mol. The van der Waals surface area contributed by atoms with E-state index in [4.69, 9.17) is 0 Å². The normalized spacial score (nSPS) is 31.0. The molecule has 2 heterocycles.